The minimum atomic E-state index is -1.15. The van der Waals surface area contributed by atoms with Gasteiger partial charge in [-0.3, -0.25) is 24.2 Å². The van der Waals surface area contributed by atoms with Gasteiger partial charge in [-0.05, 0) is 48.9 Å². The zero-order chi connectivity index (χ0) is 26.1. The van der Waals surface area contributed by atoms with Gasteiger partial charge in [0.05, 0.1) is 12.2 Å². The van der Waals surface area contributed by atoms with Crippen LogP contribution in [0, 0.1) is 5.82 Å². The molecule has 0 bridgehead atoms. The van der Waals surface area contributed by atoms with Gasteiger partial charge >= 0.3 is 0 Å². The van der Waals surface area contributed by atoms with Crippen LogP contribution in [-0.4, -0.2) is 52.5 Å². The van der Waals surface area contributed by atoms with Crippen LogP contribution in [0.1, 0.15) is 28.5 Å². The van der Waals surface area contributed by atoms with Gasteiger partial charge in [0, 0.05) is 25.2 Å². The van der Waals surface area contributed by atoms with E-state index in [0.717, 1.165) is 17.7 Å². The van der Waals surface area contributed by atoms with E-state index in [2.05, 4.69) is 15.6 Å². The average Bonchev–Trinajstić information content (AvgIpc) is 2.91. The smallest absolute Gasteiger partial charge is 0.289 e. The Morgan fingerprint density at radius 1 is 0.944 bits per heavy atom. The summed E-state index contributed by atoms with van der Waals surface area (Å²) in [7, 11) is 1.43. The molecule has 1 heterocycles. The molecular formula is C27H27FN4O4. The first kappa shape index (κ1) is 26.2. The number of nitrogens with zero attached hydrogens (tertiary/aromatic N) is 2. The van der Waals surface area contributed by atoms with Gasteiger partial charge < -0.3 is 15.5 Å². The molecule has 0 spiro atoms. The normalized spacial score (nSPS) is 12.2. The van der Waals surface area contributed by atoms with Crippen LogP contribution in [0.2, 0.25) is 0 Å². The van der Waals surface area contributed by atoms with Gasteiger partial charge in [0.2, 0.25) is 11.7 Å². The number of pyridine rings is 1. The van der Waals surface area contributed by atoms with Crippen LogP contribution >= 0.6 is 0 Å². The molecule has 3 rings (SSSR count). The summed E-state index contributed by atoms with van der Waals surface area (Å²) < 4.78 is 13.2. The molecule has 0 saturated carbocycles. The highest BCUT2D eigenvalue weighted by Crippen LogP contribution is 2.10. The van der Waals surface area contributed by atoms with Crippen molar-refractivity contribution in [1.29, 1.82) is 0 Å². The number of ketones is 1. The number of carbonyl (C=O) groups excluding carboxylic acids is 4. The number of benzene rings is 2. The number of likely N-dealkylation sites (N-methyl/N-ethyl adjacent to an activating group) is 1. The summed E-state index contributed by atoms with van der Waals surface area (Å²) in [6.07, 6.45) is 1.66. The van der Waals surface area contributed by atoms with Crippen molar-refractivity contribution in [2.75, 3.05) is 7.05 Å². The monoisotopic (exact) mass is 490 g/mol. The Morgan fingerprint density at radius 3 is 2.25 bits per heavy atom. The largest absolute Gasteiger partial charge is 0.344 e. The second-order valence-electron chi connectivity index (χ2n) is 8.22. The molecule has 0 fully saturated rings. The van der Waals surface area contributed by atoms with E-state index in [1.165, 1.54) is 31.0 Å². The lowest BCUT2D eigenvalue weighted by molar-refractivity contribution is -0.140. The number of Topliss-reactive ketones (excluding diaryl/α,β-unsaturated/α-hetero) is 1. The summed E-state index contributed by atoms with van der Waals surface area (Å²) >= 11 is 0. The number of aromatic nitrogens is 1. The van der Waals surface area contributed by atoms with Crippen LogP contribution in [0.15, 0.2) is 79.0 Å². The maximum Gasteiger partial charge on any atom is 0.289 e. The maximum atomic E-state index is 13.2. The molecule has 1 aromatic heterocycles. The van der Waals surface area contributed by atoms with Crippen molar-refractivity contribution in [1.82, 2.24) is 20.5 Å². The molecule has 186 valence electrons. The van der Waals surface area contributed by atoms with Gasteiger partial charge in [-0.1, -0.05) is 36.4 Å². The SMILES string of the molecule is C[C@H](C(=O)N[C@H](Cc1ccccc1)C(=O)C(=O)NCc1ccccn1)N(C)C(=O)c1ccc(F)cc1. The Kier molecular flexibility index (Phi) is 8.99. The van der Waals surface area contributed by atoms with E-state index in [0.29, 0.717) is 5.69 Å². The molecule has 0 aliphatic carbocycles. The maximum absolute atomic E-state index is 13.2. The van der Waals surface area contributed by atoms with Crippen molar-refractivity contribution in [3.63, 3.8) is 0 Å². The lowest BCUT2D eigenvalue weighted by Crippen LogP contribution is -2.54. The molecule has 3 amide bonds. The van der Waals surface area contributed by atoms with E-state index in [4.69, 9.17) is 0 Å². The molecule has 2 aromatic carbocycles. The fraction of sp³-hybridized carbons (Fsp3) is 0.222. The quantitative estimate of drug-likeness (QED) is 0.424. The second-order valence-corrected chi connectivity index (χ2v) is 8.22. The molecule has 0 saturated heterocycles. The van der Waals surface area contributed by atoms with Gasteiger partial charge in [-0.15, -0.1) is 0 Å². The van der Waals surface area contributed by atoms with Crippen LogP contribution < -0.4 is 10.6 Å². The first-order valence-corrected chi connectivity index (χ1v) is 11.3. The summed E-state index contributed by atoms with van der Waals surface area (Å²) in [6, 6.07) is 17.0. The molecule has 0 unspecified atom stereocenters. The highest BCUT2D eigenvalue weighted by molar-refractivity contribution is 6.38. The summed E-state index contributed by atoms with van der Waals surface area (Å²) in [4.78, 5) is 56.7. The van der Waals surface area contributed by atoms with Crippen molar-refractivity contribution in [2.24, 2.45) is 0 Å². The minimum absolute atomic E-state index is 0.0583. The van der Waals surface area contributed by atoms with Crippen LogP contribution in [0.5, 0.6) is 0 Å². The third kappa shape index (κ3) is 7.05. The number of amides is 3. The Balaban J connectivity index is 1.71. The average molecular weight is 491 g/mol. The first-order chi connectivity index (χ1) is 17.3. The van der Waals surface area contributed by atoms with E-state index in [9.17, 15) is 23.6 Å². The summed E-state index contributed by atoms with van der Waals surface area (Å²) in [5.41, 5.74) is 1.54. The molecule has 8 nitrogen and oxygen atoms in total. The molecular weight excluding hydrogens is 463 g/mol. The summed E-state index contributed by atoms with van der Waals surface area (Å²) in [5.74, 6) is -3.26. The van der Waals surface area contributed by atoms with E-state index in [-0.39, 0.29) is 18.5 Å². The highest BCUT2D eigenvalue weighted by Gasteiger charge is 2.31. The molecule has 36 heavy (non-hydrogen) atoms. The number of halogens is 1. The van der Waals surface area contributed by atoms with Crippen molar-refractivity contribution >= 4 is 23.5 Å². The standard InChI is InChI=1S/C27H27FN4O4/c1-18(32(2)27(36)20-11-13-21(28)14-12-20)25(34)31-23(16-19-8-4-3-5-9-19)24(33)26(35)30-17-22-10-6-7-15-29-22/h3-15,18,23H,16-17H2,1-2H3,(H,30,35)(H,31,34)/t18-,23-/m1/s1. The predicted octanol–water partition coefficient (Wildman–Crippen LogP) is 2.29. The number of rotatable bonds is 10. The Morgan fingerprint density at radius 2 is 1.61 bits per heavy atom. The van der Waals surface area contributed by atoms with Crippen LogP contribution in [0.25, 0.3) is 0 Å². The summed E-state index contributed by atoms with van der Waals surface area (Å²) in [5, 5.41) is 5.16. The fourth-order valence-electron chi connectivity index (χ4n) is 3.42. The predicted molar refractivity (Wildman–Crippen MR) is 131 cm³/mol. The van der Waals surface area contributed by atoms with Crippen molar-refractivity contribution < 1.29 is 23.6 Å². The van der Waals surface area contributed by atoms with E-state index in [1.807, 2.05) is 6.07 Å². The minimum Gasteiger partial charge on any atom is -0.344 e. The number of hydrogen-bond acceptors (Lipinski definition) is 5. The van der Waals surface area contributed by atoms with E-state index in [1.54, 1.807) is 48.7 Å². The second kappa shape index (κ2) is 12.3. The Labute approximate surface area is 208 Å². The lowest BCUT2D eigenvalue weighted by atomic mass is 10.0. The Bertz CT molecular complexity index is 1200. The molecule has 9 heteroatoms. The number of carbonyl (C=O) groups is 4. The van der Waals surface area contributed by atoms with E-state index >= 15 is 0 Å². The fourth-order valence-corrected chi connectivity index (χ4v) is 3.42. The van der Waals surface area contributed by atoms with Gasteiger partial charge in [0.15, 0.2) is 0 Å². The van der Waals surface area contributed by atoms with Crippen LogP contribution in [0.3, 0.4) is 0 Å². The van der Waals surface area contributed by atoms with E-state index < -0.39 is 41.4 Å². The molecule has 0 aliphatic rings. The van der Waals surface area contributed by atoms with Crippen molar-refractivity contribution in [2.45, 2.75) is 32.0 Å². The van der Waals surface area contributed by atoms with Gasteiger partial charge in [0.1, 0.15) is 17.9 Å². The zero-order valence-electron chi connectivity index (χ0n) is 20.0. The molecule has 0 aliphatic heterocycles. The molecule has 2 N–H and O–H groups in total. The first-order valence-electron chi connectivity index (χ1n) is 11.3. The van der Waals surface area contributed by atoms with Crippen molar-refractivity contribution in [3.8, 4) is 0 Å². The topological polar surface area (TPSA) is 108 Å². The molecule has 0 radical (unpaired) electrons. The number of nitrogens with one attached hydrogen (secondary N) is 2. The molecule has 2 atom stereocenters. The highest BCUT2D eigenvalue weighted by atomic mass is 19.1. The summed E-state index contributed by atoms with van der Waals surface area (Å²) in [6.45, 7) is 1.56. The van der Waals surface area contributed by atoms with Gasteiger partial charge in [-0.25, -0.2) is 4.39 Å². The van der Waals surface area contributed by atoms with Gasteiger partial charge in [-0.2, -0.15) is 0 Å². The lowest BCUT2D eigenvalue weighted by Gasteiger charge is -2.26. The number of hydrogen-bond donors (Lipinski definition) is 2. The van der Waals surface area contributed by atoms with Crippen LogP contribution in [-0.2, 0) is 27.3 Å². The zero-order valence-corrected chi connectivity index (χ0v) is 20.0. The third-order valence-electron chi connectivity index (χ3n) is 5.67. The van der Waals surface area contributed by atoms with Crippen molar-refractivity contribution in [3.05, 3.63) is 102 Å². The third-order valence-corrected chi connectivity index (χ3v) is 5.67. The van der Waals surface area contributed by atoms with Gasteiger partial charge in [0.25, 0.3) is 11.8 Å². The Hall–Kier alpha value is -4.40. The molecule has 3 aromatic rings. The van der Waals surface area contributed by atoms with Crippen LogP contribution in [0.4, 0.5) is 4.39 Å².